The summed E-state index contributed by atoms with van der Waals surface area (Å²) in [5.74, 6) is -0.580. The van der Waals surface area contributed by atoms with E-state index in [0.717, 1.165) is 0 Å². The van der Waals surface area contributed by atoms with Gasteiger partial charge in [0, 0.05) is 12.7 Å². The van der Waals surface area contributed by atoms with Gasteiger partial charge in [-0.2, -0.15) is 9.49 Å². The molecule has 1 fully saturated rings. The van der Waals surface area contributed by atoms with Crippen LogP contribution in [0.3, 0.4) is 0 Å². The van der Waals surface area contributed by atoms with E-state index in [2.05, 4.69) is 20.2 Å². The Balaban J connectivity index is 1.47. The van der Waals surface area contributed by atoms with Crippen LogP contribution in [0.5, 0.6) is 0 Å². The number of pyridine rings is 1. The summed E-state index contributed by atoms with van der Waals surface area (Å²) in [5, 5.41) is 8.58. The van der Waals surface area contributed by atoms with Gasteiger partial charge in [-0.15, -0.1) is 5.10 Å². The van der Waals surface area contributed by atoms with Gasteiger partial charge < -0.3 is 4.90 Å². The van der Waals surface area contributed by atoms with Gasteiger partial charge in [-0.25, -0.2) is 14.2 Å². The zero-order valence-corrected chi connectivity index (χ0v) is 15.4. The molecule has 0 bridgehead atoms. The number of hydrogen-bond donors (Lipinski definition) is 1. The van der Waals surface area contributed by atoms with Crippen LogP contribution in [0, 0.1) is 12.9 Å². The summed E-state index contributed by atoms with van der Waals surface area (Å²) < 4.78 is 16.3. The lowest BCUT2D eigenvalue weighted by molar-refractivity contribution is 0.0448. The third kappa shape index (κ3) is 2.72. The number of H-pyrrole nitrogens is 1. The summed E-state index contributed by atoms with van der Waals surface area (Å²) >= 11 is 0. The Hall–Kier alpha value is -3.82. The molecule has 9 nitrogen and oxygen atoms in total. The number of halogens is 1. The fraction of sp³-hybridized carbons (Fsp3) is 0.211. The van der Waals surface area contributed by atoms with Crippen LogP contribution in [0.15, 0.2) is 47.5 Å². The Kier molecular flexibility index (Phi) is 3.79. The highest BCUT2D eigenvalue weighted by atomic mass is 19.1. The Morgan fingerprint density at radius 2 is 2.14 bits per heavy atom. The van der Waals surface area contributed by atoms with Crippen LogP contribution < -0.4 is 5.56 Å². The van der Waals surface area contributed by atoms with E-state index in [1.807, 2.05) is 0 Å². The first kappa shape index (κ1) is 17.3. The molecule has 5 heterocycles. The zero-order valence-electron chi connectivity index (χ0n) is 15.4. The zero-order chi connectivity index (χ0) is 20.1. The number of aromatic amines is 1. The van der Waals surface area contributed by atoms with Crippen LogP contribution in [-0.2, 0) is 0 Å². The first-order valence-corrected chi connectivity index (χ1v) is 9.09. The normalized spacial score (nSPS) is 16.2. The molecule has 1 aliphatic rings. The summed E-state index contributed by atoms with van der Waals surface area (Å²) in [6, 6.07) is 7.68. The van der Waals surface area contributed by atoms with Crippen LogP contribution in [-0.4, -0.2) is 46.7 Å². The SMILES string of the molecule is Cc1c(C(=O)N2CCC2c2cccc(F)n2)cnn1-c1nn2cccc2c(=O)[nH]1. The summed E-state index contributed by atoms with van der Waals surface area (Å²) in [4.78, 5) is 33.5. The summed E-state index contributed by atoms with van der Waals surface area (Å²) in [5.41, 5.74) is 1.58. The number of rotatable bonds is 3. The lowest BCUT2D eigenvalue weighted by Gasteiger charge is -2.40. The van der Waals surface area contributed by atoms with Crippen molar-refractivity contribution in [1.29, 1.82) is 0 Å². The minimum atomic E-state index is -0.568. The van der Waals surface area contributed by atoms with E-state index in [1.54, 1.807) is 42.3 Å². The molecule has 29 heavy (non-hydrogen) atoms. The van der Waals surface area contributed by atoms with Crippen molar-refractivity contribution in [2.24, 2.45) is 0 Å². The molecule has 0 aliphatic carbocycles. The second kappa shape index (κ2) is 6.36. The van der Waals surface area contributed by atoms with Gasteiger partial charge in [0.05, 0.1) is 29.2 Å². The first-order valence-electron chi connectivity index (χ1n) is 9.09. The van der Waals surface area contributed by atoms with Gasteiger partial charge in [-0.05, 0) is 37.6 Å². The molecule has 10 heteroatoms. The molecule has 1 atom stereocenters. The van der Waals surface area contributed by atoms with Crippen molar-refractivity contribution in [3.05, 3.63) is 76.0 Å². The van der Waals surface area contributed by atoms with Gasteiger partial charge in [0.15, 0.2) is 0 Å². The van der Waals surface area contributed by atoms with E-state index >= 15 is 0 Å². The number of fused-ring (bicyclic) bond motifs is 1. The van der Waals surface area contributed by atoms with E-state index in [0.29, 0.717) is 35.4 Å². The molecule has 4 aromatic rings. The summed E-state index contributed by atoms with van der Waals surface area (Å²) in [6.45, 7) is 2.28. The molecule has 0 saturated carbocycles. The Labute approximate surface area is 163 Å². The largest absolute Gasteiger partial charge is 0.330 e. The Morgan fingerprint density at radius 1 is 1.28 bits per heavy atom. The van der Waals surface area contributed by atoms with Crippen molar-refractivity contribution in [2.45, 2.75) is 19.4 Å². The van der Waals surface area contributed by atoms with Crippen molar-refractivity contribution >= 4 is 11.4 Å². The Morgan fingerprint density at radius 3 is 2.90 bits per heavy atom. The third-order valence-electron chi connectivity index (χ3n) is 5.19. The van der Waals surface area contributed by atoms with Gasteiger partial charge in [0.2, 0.25) is 11.9 Å². The number of likely N-dealkylation sites (tertiary alicyclic amines) is 1. The molecule has 0 spiro atoms. The molecule has 0 aromatic carbocycles. The number of carbonyl (C=O) groups excluding carboxylic acids is 1. The van der Waals surface area contributed by atoms with Crippen LogP contribution in [0.2, 0.25) is 0 Å². The van der Waals surface area contributed by atoms with Crippen LogP contribution in [0.4, 0.5) is 4.39 Å². The molecule has 0 radical (unpaired) electrons. The highest BCUT2D eigenvalue weighted by Gasteiger charge is 2.36. The molecule has 1 aliphatic heterocycles. The minimum Gasteiger partial charge on any atom is -0.330 e. The topological polar surface area (TPSA) is 101 Å². The molecular formula is C19H16FN7O2. The van der Waals surface area contributed by atoms with Crippen molar-refractivity contribution < 1.29 is 9.18 Å². The lowest BCUT2D eigenvalue weighted by atomic mass is 9.97. The monoisotopic (exact) mass is 393 g/mol. The second-order valence-corrected chi connectivity index (χ2v) is 6.86. The minimum absolute atomic E-state index is 0.210. The number of aromatic nitrogens is 6. The van der Waals surface area contributed by atoms with E-state index in [9.17, 15) is 14.0 Å². The maximum Gasteiger partial charge on any atom is 0.276 e. The number of nitrogens with one attached hydrogen (secondary N) is 1. The average Bonchev–Trinajstić information content (AvgIpc) is 3.27. The number of hydrogen-bond acceptors (Lipinski definition) is 5. The molecule has 1 saturated heterocycles. The van der Waals surface area contributed by atoms with E-state index in [1.165, 1.54) is 21.5 Å². The molecule has 5 rings (SSSR count). The standard InChI is InChI=1S/C19H16FN7O2/c1-11-12(18(29)25-9-7-14(25)13-4-2-6-16(20)22-13)10-21-27(11)19-23-17(28)15-5-3-8-26(15)24-19/h2-6,8,10,14H,7,9H2,1H3,(H,23,24,28). The van der Waals surface area contributed by atoms with Gasteiger partial charge in [-0.3, -0.25) is 14.6 Å². The summed E-state index contributed by atoms with van der Waals surface area (Å²) in [7, 11) is 0. The van der Waals surface area contributed by atoms with Crippen molar-refractivity contribution in [3.8, 4) is 5.95 Å². The predicted molar refractivity (Wildman–Crippen MR) is 100 cm³/mol. The van der Waals surface area contributed by atoms with Crippen LogP contribution in [0.1, 0.15) is 34.2 Å². The van der Waals surface area contributed by atoms with Crippen LogP contribution >= 0.6 is 0 Å². The van der Waals surface area contributed by atoms with E-state index in [4.69, 9.17) is 0 Å². The highest BCUT2D eigenvalue weighted by molar-refractivity contribution is 5.96. The number of carbonyl (C=O) groups is 1. The van der Waals surface area contributed by atoms with Gasteiger partial charge in [0.1, 0.15) is 5.52 Å². The smallest absolute Gasteiger partial charge is 0.276 e. The molecule has 146 valence electrons. The van der Waals surface area contributed by atoms with Crippen molar-refractivity contribution in [1.82, 2.24) is 34.3 Å². The maximum atomic E-state index is 13.4. The van der Waals surface area contributed by atoms with Gasteiger partial charge >= 0.3 is 0 Å². The van der Waals surface area contributed by atoms with Crippen LogP contribution in [0.25, 0.3) is 11.5 Å². The van der Waals surface area contributed by atoms with E-state index in [-0.39, 0.29) is 23.5 Å². The highest BCUT2D eigenvalue weighted by Crippen LogP contribution is 2.34. The number of amides is 1. The maximum absolute atomic E-state index is 13.4. The Bertz CT molecular complexity index is 1310. The lowest BCUT2D eigenvalue weighted by Crippen LogP contribution is -2.45. The first-order chi connectivity index (χ1) is 14.0. The number of nitrogens with zero attached hydrogens (tertiary/aromatic N) is 6. The average molecular weight is 393 g/mol. The van der Waals surface area contributed by atoms with Crippen molar-refractivity contribution in [2.75, 3.05) is 6.54 Å². The van der Waals surface area contributed by atoms with Gasteiger partial charge in [-0.1, -0.05) is 6.07 Å². The summed E-state index contributed by atoms with van der Waals surface area (Å²) in [6.07, 6.45) is 3.83. The van der Waals surface area contributed by atoms with Gasteiger partial charge in [0.25, 0.3) is 11.5 Å². The molecule has 1 N–H and O–H groups in total. The van der Waals surface area contributed by atoms with Crippen molar-refractivity contribution in [3.63, 3.8) is 0 Å². The fourth-order valence-electron chi connectivity index (χ4n) is 3.56. The predicted octanol–water partition coefficient (Wildman–Crippen LogP) is 1.64. The molecule has 4 aromatic heterocycles. The third-order valence-corrected chi connectivity index (χ3v) is 5.19. The quantitative estimate of drug-likeness (QED) is 0.533. The molecule has 1 unspecified atom stereocenters. The van der Waals surface area contributed by atoms with E-state index < -0.39 is 5.95 Å². The fourth-order valence-corrected chi connectivity index (χ4v) is 3.56. The second-order valence-electron chi connectivity index (χ2n) is 6.86. The molecular weight excluding hydrogens is 377 g/mol. The molecule has 1 amide bonds.